The van der Waals surface area contributed by atoms with Gasteiger partial charge in [0.15, 0.2) is 0 Å². The van der Waals surface area contributed by atoms with Crippen molar-refractivity contribution in [3.8, 4) is 11.1 Å². The SMILES string of the molecule is O=C(O)c1ccccc1-c1ccccc1C(=O)N1N=C2/C(=C/c3ccccc3)CCC[C@H]2[C@H]1c1ccccc1. The molecule has 0 aromatic heterocycles. The van der Waals surface area contributed by atoms with E-state index in [1.165, 1.54) is 0 Å². The van der Waals surface area contributed by atoms with Crippen LogP contribution in [0.4, 0.5) is 0 Å². The summed E-state index contributed by atoms with van der Waals surface area (Å²) in [6.45, 7) is 0. The van der Waals surface area contributed by atoms with E-state index in [0.717, 1.165) is 41.7 Å². The largest absolute Gasteiger partial charge is 0.478 e. The molecule has 1 aliphatic carbocycles. The third-order valence-corrected chi connectivity index (χ3v) is 7.60. The van der Waals surface area contributed by atoms with Gasteiger partial charge in [0.1, 0.15) is 0 Å². The van der Waals surface area contributed by atoms with E-state index in [-0.39, 0.29) is 23.4 Å². The van der Waals surface area contributed by atoms with Crippen LogP contribution < -0.4 is 0 Å². The molecule has 0 bridgehead atoms. The van der Waals surface area contributed by atoms with Crippen molar-refractivity contribution in [1.82, 2.24) is 5.01 Å². The molecule has 0 radical (unpaired) electrons. The predicted molar refractivity (Wildman–Crippen MR) is 153 cm³/mol. The standard InChI is InChI=1S/C34H28N2O3/c37-33(28-19-9-7-17-26(28)27-18-8-10-20-29(27)34(38)39)36-32(24-14-5-2-6-15-24)30-21-11-16-25(31(30)35-36)22-23-12-3-1-4-13-23/h1-10,12-15,17-20,22,30,32H,11,16,21H2,(H,38,39)/b25-22+/t30-,32-/m1/s1. The molecule has 5 heteroatoms. The lowest BCUT2D eigenvalue weighted by atomic mass is 9.77. The number of rotatable bonds is 5. The highest BCUT2D eigenvalue weighted by atomic mass is 16.4. The number of nitrogens with zero attached hydrogens (tertiary/aromatic N) is 2. The summed E-state index contributed by atoms with van der Waals surface area (Å²) in [4.78, 5) is 26.4. The molecule has 5 nitrogen and oxygen atoms in total. The molecule has 0 unspecified atom stereocenters. The van der Waals surface area contributed by atoms with E-state index >= 15 is 0 Å². The third-order valence-electron chi connectivity index (χ3n) is 7.60. The van der Waals surface area contributed by atoms with E-state index in [9.17, 15) is 14.7 Å². The predicted octanol–water partition coefficient (Wildman–Crippen LogP) is 7.49. The first-order chi connectivity index (χ1) is 19.1. The van der Waals surface area contributed by atoms with Gasteiger partial charge in [0.25, 0.3) is 5.91 Å². The number of benzene rings is 4. The second-order valence-electron chi connectivity index (χ2n) is 9.97. The van der Waals surface area contributed by atoms with E-state index in [4.69, 9.17) is 5.10 Å². The lowest BCUT2D eigenvalue weighted by molar-refractivity contribution is 0.0676. The first-order valence-corrected chi connectivity index (χ1v) is 13.3. The number of hydrogen-bond acceptors (Lipinski definition) is 3. The summed E-state index contributed by atoms with van der Waals surface area (Å²) in [5, 5.41) is 16.5. The molecule has 1 saturated carbocycles. The Bertz CT molecular complexity index is 1590. The van der Waals surface area contributed by atoms with Crippen LogP contribution in [0.1, 0.15) is 57.1 Å². The Morgan fingerprint density at radius 2 is 1.36 bits per heavy atom. The fraction of sp³-hybridized carbons (Fsp3) is 0.147. The van der Waals surface area contributed by atoms with E-state index in [1.54, 1.807) is 35.3 Å². The summed E-state index contributed by atoms with van der Waals surface area (Å²) < 4.78 is 0. The van der Waals surface area contributed by atoms with Crippen molar-refractivity contribution in [1.29, 1.82) is 0 Å². The van der Waals surface area contributed by atoms with Gasteiger partial charge in [0.05, 0.1) is 17.3 Å². The molecule has 1 amide bonds. The molecule has 39 heavy (non-hydrogen) atoms. The van der Waals surface area contributed by atoms with Crippen LogP contribution in [0.15, 0.2) is 120 Å². The summed E-state index contributed by atoms with van der Waals surface area (Å²) in [5.41, 5.74) is 5.98. The van der Waals surface area contributed by atoms with Crippen LogP contribution in [0.3, 0.4) is 0 Å². The Labute approximate surface area is 227 Å². The lowest BCUT2D eigenvalue weighted by Crippen LogP contribution is -2.32. The maximum atomic E-state index is 14.4. The second-order valence-corrected chi connectivity index (χ2v) is 9.97. The highest BCUT2D eigenvalue weighted by Gasteiger charge is 2.44. The van der Waals surface area contributed by atoms with Crippen molar-refractivity contribution in [2.75, 3.05) is 0 Å². The Morgan fingerprint density at radius 1 is 0.769 bits per heavy atom. The fourth-order valence-corrected chi connectivity index (χ4v) is 5.83. The Balaban J connectivity index is 1.47. The number of aromatic carboxylic acids is 1. The Morgan fingerprint density at radius 3 is 2.05 bits per heavy atom. The van der Waals surface area contributed by atoms with Gasteiger partial charge >= 0.3 is 5.97 Å². The molecule has 2 aliphatic rings. The molecule has 1 heterocycles. The zero-order chi connectivity index (χ0) is 26.8. The Hall–Kier alpha value is -4.77. The fourth-order valence-electron chi connectivity index (χ4n) is 5.83. The summed E-state index contributed by atoms with van der Waals surface area (Å²) in [7, 11) is 0. The van der Waals surface area contributed by atoms with Gasteiger partial charge in [-0.05, 0) is 65.3 Å². The molecule has 4 aromatic rings. The van der Waals surface area contributed by atoms with Gasteiger partial charge in [0.2, 0.25) is 0 Å². The maximum Gasteiger partial charge on any atom is 0.336 e. The third kappa shape index (κ3) is 4.68. The molecule has 1 aliphatic heterocycles. The number of hydrazone groups is 1. The summed E-state index contributed by atoms with van der Waals surface area (Å²) in [6, 6.07) is 34.1. The number of carbonyl (C=O) groups is 2. The van der Waals surface area contributed by atoms with Crippen molar-refractivity contribution in [3.63, 3.8) is 0 Å². The van der Waals surface area contributed by atoms with Gasteiger partial charge in [0, 0.05) is 11.5 Å². The Kier molecular flexibility index (Phi) is 6.64. The van der Waals surface area contributed by atoms with Gasteiger partial charge in [-0.25, -0.2) is 9.80 Å². The van der Waals surface area contributed by atoms with Crippen LogP contribution in [0.5, 0.6) is 0 Å². The number of fused-ring (bicyclic) bond motifs is 1. The van der Waals surface area contributed by atoms with E-state index < -0.39 is 5.97 Å². The van der Waals surface area contributed by atoms with E-state index in [1.807, 2.05) is 54.6 Å². The minimum Gasteiger partial charge on any atom is -0.478 e. The number of carboxylic acid groups (broad SMARTS) is 1. The van der Waals surface area contributed by atoms with Crippen molar-refractivity contribution >= 4 is 23.7 Å². The van der Waals surface area contributed by atoms with Crippen molar-refractivity contribution in [2.45, 2.75) is 25.3 Å². The van der Waals surface area contributed by atoms with Crippen molar-refractivity contribution in [2.24, 2.45) is 11.0 Å². The van der Waals surface area contributed by atoms with Crippen LogP contribution in [-0.2, 0) is 0 Å². The monoisotopic (exact) mass is 512 g/mol. The van der Waals surface area contributed by atoms with E-state index in [0.29, 0.717) is 16.7 Å². The molecule has 6 rings (SSSR count). The van der Waals surface area contributed by atoms with Crippen LogP contribution in [-0.4, -0.2) is 27.7 Å². The van der Waals surface area contributed by atoms with Gasteiger partial charge in [-0.15, -0.1) is 0 Å². The first kappa shape index (κ1) is 24.6. The molecule has 2 atom stereocenters. The average molecular weight is 513 g/mol. The summed E-state index contributed by atoms with van der Waals surface area (Å²) >= 11 is 0. The zero-order valence-electron chi connectivity index (χ0n) is 21.4. The summed E-state index contributed by atoms with van der Waals surface area (Å²) in [6.07, 6.45) is 5.07. The number of carbonyl (C=O) groups excluding carboxylic acids is 1. The van der Waals surface area contributed by atoms with Crippen LogP contribution in [0.2, 0.25) is 0 Å². The minimum absolute atomic E-state index is 0.0820. The smallest absolute Gasteiger partial charge is 0.336 e. The molecule has 1 N–H and O–H groups in total. The van der Waals surface area contributed by atoms with Gasteiger partial charge in [-0.3, -0.25) is 4.79 Å². The zero-order valence-corrected chi connectivity index (χ0v) is 21.4. The van der Waals surface area contributed by atoms with Crippen LogP contribution in [0.25, 0.3) is 17.2 Å². The van der Waals surface area contributed by atoms with Crippen LogP contribution in [0, 0.1) is 5.92 Å². The molecule has 0 saturated heterocycles. The second kappa shape index (κ2) is 10.5. The topological polar surface area (TPSA) is 70.0 Å². The van der Waals surface area contributed by atoms with Gasteiger partial charge in [-0.2, -0.15) is 5.10 Å². The van der Waals surface area contributed by atoms with Gasteiger partial charge < -0.3 is 5.11 Å². The normalized spacial score (nSPS) is 19.4. The maximum absolute atomic E-state index is 14.4. The van der Waals surface area contributed by atoms with Crippen molar-refractivity contribution in [3.05, 3.63) is 137 Å². The highest BCUT2D eigenvalue weighted by Crippen LogP contribution is 2.45. The number of hydrogen-bond donors (Lipinski definition) is 1. The molecule has 4 aromatic carbocycles. The number of carboxylic acids is 1. The average Bonchev–Trinajstić information content (AvgIpc) is 3.38. The molecule has 192 valence electrons. The molecular weight excluding hydrogens is 484 g/mol. The van der Waals surface area contributed by atoms with Gasteiger partial charge in [-0.1, -0.05) is 97.1 Å². The quantitative estimate of drug-likeness (QED) is 0.301. The summed E-state index contributed by atoms with van der Waals surface area (Å²) in [5.74, 6) is -1.18. The molecule has 1 fully saturated rings. The lowest BCUT2D eigenvalue weighted by Gasteiger charge is -2.30. The number of amides is 1. The minimum atomic E-state index is -1.03. The molecular formula is C34H28N2O3. The number of allylic oxidation sites excluding steroid dienone is 1. The van der Waals surface area contributed by atoms with E-state index in [2.05, 4.69) is 30.3 Å². The molecule has 0 spiro atoms. The van der Waals surface area contributed by atoms with Crippen LogP contribution >= 0.6 is 0 Å². The first-order valence-electron chi connectivity index (χ1n) is 13.3. The van der Waals surface area contributed by atoms with Crippen molar-refractivity contribution < 1.29 is 14.7 Å². The highest BCUT2D eigenvalue weighted by molar-refractivity contribution is 6.10.